The Balaban J connectivity index is 1.14. The molecule has 2 aliphatic heterocycles. The zero-order valence-electron chi connectivity index (χ0n) is 23.6. The van der Waals surface area contributed by atoms with Gasteiger partial charge >= 0.3 is 6.18 Å². The third-order valence-electron chi connectivity index (χ3n) is 7.85. The van der Waals surface area contributed by atoms with E-state index in [4.69, 9.17) is 25.8 Å². The number of rotatable bonds is 8. The van der Waals surface area contributed by atoms with Gasteiger partial charge in [-0.2, -0.15) is 18.3 Å². The Kier molecular flexibility index (Phi) is 8.01. The predicted octanol–water partition coefficient (Wildman–Crippen LogP) is 6.15. The first-order valence-corrected chi connectivity index (χ1v) is 14.3. The second-order valence-corrected chi connectivity index (χ2v) is 11.3. The number of nitrogens with zero attached hydrogens (tertiary/aromatic N) is 5. The molecule has 0 aliphatic carbocycles. The molecule has 0 unspecified atom stereocenters. The Morgan fingerprint density at radius 2 is 1.93 bits per heavy atom. The third kappa shape index (κ3) is 6.17. The second-order valence-electron chi connectivity index (χ2n) is 10.8. The number of alkyl halides is 3. The van der Waals surface area contributed by atoms with E-state index in [2.05, 4.69) is 31.0 Å². The Morgan fingerprint density at radius 1 is 1.12 bits per heavy atom. The van der Waals surface area contributed by atoms with Crippen molar-refractivity contribution in [1.82, 2.24) is 30.0 Å². The van der Waals surface area contributed by atoms with Gasteiger partial charge in [-0.15, -0.1) is 0 Å². The maximum atomic E-state index is 13.0. The van der Waals surface area contributed by atoms with E-state index >= 15 is 0 Å². The Morgan fingerprint density at radius 3 is 2.63 bits per heavy atom. The lowest BCUT2D eigenvalue weighted by molar-refractivity contribution is -0.144. The highest BCUT2D eigenvalue weighted by molar-refractivity contribution is 6.30. The molecule has 0 saturated carbocycles. The smallest absolute Gasteiger partial charge is 0.443 e. The summed E-state index contributed by atoms with van der Waals surface area (Å²) in [6.45, 7) is 4.60. The lowest BCUT2D eigenvalue weighted by Crippen LogP contribution is -2.34. The van der Waals surface area contributed by atoms with Gasteiger partial charge in [-0.25, -0.2) is 4.98 Å². The normalized spacial score (nSPS) is 19.2. The first-order valence-electron chi connectivity index (χ1n) is 13.9. The summed E-state index contributed by atoms with van der Waals surface area (Å²) >= 11 is 6.02. The van der Waals surface area contributed by atoms with E-state index in [1.165, 1.54) is 6.20 Å². The van der Waals surface area contributed by atoms with Crippen LogP contribution in [0.5, 0.6) is 11.5 Å². The molecule has 1 saturated heterocycles. The minimum absolute atomic E-state index is 0.0459. The largest absolute Gasteiger partial charge is 0.451 e. The van der Waals surface area contributed by atoms with Crippen LogP contribution in [0.15, 0.2) is 48.8 Å². The molecule has 1 N–H and O–H groups in total. The molecule has 13 heteroatoms. The van der Waals surface area contributed by atoms with Crippen LogP contribution in [0.1, 0.15) is 54.0 Å². The molecule has 226 valence electrons. The maximum absolute atomic E-state index is 13.0. The van der Waals surface area contributed by atoms with E-state index in [0.717, 1.165) is 48.5 Å². The summed E-state index contributed by atoms with van der Waals surface area (Å²) in [6, 6.07) is 11.4. The topological polar surface area (TPSA) is 98.3 Å². The third-order valence-corrected chi connectivity index (χ3v) is 8.08. The maximum Gasteiger partial charge on any atom is 0.451 e. The summed E-state index contributed by atoms with van der Waals surface area (Å²) in [5, 5.41) is 6.25. The molecule has 1 aromatic carbocycles. The number of ether oxygens (including phenoxy) is 3. The molecule has 0 spiro atoms. The summed E-state index contributed by atoms with van der Waals surface area (Å²) in [6.07, 6.45) is 0.899. The molecule has 0 amide bonds. The molecule has 1 fully saturated rings. The number of aromatic amines is 1. The molecule has 3 aromatic heterocycles. The highest BCUT2D eigenvalue weighted by Crippen LogP contribution is 2.49. The van der Waals surface area contributed by atoms with Crippen molar-refractivity contribution in [3.8, 4) is 22.9 Å². The number of nitrogens with one attached hydrogen (secondary N) is 1. The van der Waals surface area contributed by atoms with Gasteiger partial charge in [-0.05, 0) is 68.1 Å². The molecule has 4 aromatic rings. The molecule has 0 radical (unpaired) electrons. The van der Waals surface area contributed by atoms with Crippen LogP contribution in [0, 0.1) is 0 Å². The van der Waals surface area contributed by atoms with Crippen molar-refractivity contribution < 1.29 is 27.4 Å². The van der Waals surface area contributed by atoms with Crippen molar-refractivity contribution in [2.24, 2.45) is 0 Å². The van der Waals surface area contributed by atoms with Crippen molar-refractivity contribution in [3.63, 3.8) is 0 Å². The minimum atomic E-state index is -4.60. The molecular formula is C30H30ClF3N6O3. The Hall–Kier alpha value is -3.74. The number of pyridine rings is 2. The van der Waals surface area contributed by atoms with Crippen molar-refractivity contribution in [3.05, 3.63) is 82.2 Å². The summed E-state index contributed by atoms with van der Waals surface area (Å²) in [4.78, 5) is 15.0. The molecule has 0 bridgehead atoms. The molecule has 5 heterocycles. The summed E-state index contributed by atoms with van der Waals surface area (Å²) in [5.74, 6) is -0.498. The highest BCUT2D eigenvalue weighted by atomic mass is 35.5. The van der Waals surface area contributed by atoms with Gasteiger partial charge in [0.15, 0.2) is 17.3 Å². The van der Waals surface area contributed by atoms with Gasteiger partial charge in [0.2, 0.25) is 5.82 Å². The quantitative estimate of drug-likeness (QED) is 0.253. The Bertz CT molecular complexity index is 1590. The van der Waals surface area contributed by atoms with Gasteiger partial charge in [-0.3, -0.25) is 20.0 Å². The van der Waals surface area contributed by atoms with Crippen LogP contribution in [0.4, 0.5) is 13.2 Å². The standard InChI is InChI=1S/C30H30ClF3N6O3/c1-29(25-7-6-21(31)16-36-25)42-24-5-3-4-22(26(24)43-29)18-8-11-40(12-9-18)17-23-19(10-13-41-2)14-20(15-35-23)27-37-28(39-38-27)30(32,33)34/h3-7,14-16,18H,8-13,17H2,1-2H3,(H,37,38,39)/t29-/m0/s1. The summed E-state index contributed by atoms with van der Waals surface area (Å²) < 4.78 is 57.0. The van der Waals surface area contributed by atoms with Gasteiger partial charge in [0, 0.05) is 44.1 Å². The number of methoxy groups -OCH3 is 1. The number of hydrogen-bond donors (Lipinski definition) is 1. The van der Waals surface area contributed by atoms with Crippen molar-refractivity contribution in [2.75, 3.05) is 26.8 Å². The van der Waals surface area contributed by atoms with Gasteiger partial charge in [0.1, 0.15) is 5.69 Å². The van der Waals surface area contributed by atoms with Crippen molar-refractivity contribution in [2.45, 2.75) is 50.6 Å². The van der Waals surface area contributed by atoms with Gasteiger partial charge in [-0.1, -0.05) is 23.7 Å². The van der Waals surface area contributed by atoms with Crippen molar-refractivity contribution in [1.29, 1.82) is 0 Å². The number of H-pyrrole nitrogens is 1. The number of para-hydroxylation sites is 1. The lowest BCUT2D eigenvalue weighted by Gasteiger charge is -2.32. The van der Waals surface area contributed by atoms with E-state index in [1.54, 1.807) is 31.5 Å². The molecule has 9 nitrogen and oxygen atoms in total. The number of likely N-dealkylation sites (tertiary alicyclic amines) is 1. The number of halogens is 4. The van der Waals surface area contributed by atoms with E-state index in [1.807, 2.05) is 24.2 Å². The number of benzene rings is 1. The zero-order valence-corrected chi connectivity index (χ0v) is 24.4. The van der Waals surface area contributed by atoms with Gasteiger partial charge in [0.25, 0.3) is 5.79 Å². The van der Waals surface area contributed by atoms with Crippen LogP contribution in [-0.2, 0) is 29.7 Å². The zero-order chi connectivity index (χ0) is 30.2. The fraction of sp³-hybridized carbons (Fsp3) is 0.400. The van der Waals surface area contributed by atoms with Gasteiger partial charge < -0.3 is 14.2 Å². The van der Waals surface area contributed by atoms with Crippen molar-refractivity contribution >= 4 is 11.6 Å². The molecule has 2 aliphatic rings. The second kappa shape index (κ2) is 11.7. The monoisotopic (exact) mass is 614 g/mol. The average molecular weight is 615 g/mol. The predicted molar refractivity (Wildman–Crippen MR) is 152 cm³/mol. The number of aromatic nitrogens is 5. The summed E-state index contributed by atoms with van der Waals surface area (Å²) in [5.41, 5.74) is 3.92. The van der Waals surface area contributed by atoms with Crippen LogP contribution in [-0.4, -0.2) is 56.9 Å². The van der Waals surface area contributed by atoms with Crippen LogP contribution in [0.2, 0.25) is 5.02 Å². The fourth-order valence-electron chi connectivity index (χ4n) is 5.58. The number of piperidine rings is 1. The summed E-state index contributed by atoms with van der Waals surface area (Å²) in [7, 11) is 1.61. The lowest BCUT2D eigenvalue weighted by atomic mass is 9.88. The van der Waals surface area contributed by atoms with E-state index in [-0.39, 0.29) is 11.7 Å². The van der Waals surface area contributed by atoms with Crippen LogP contribution in [0.3, 0.4) is 0 Å². The van der Waals surface area contributed by atoms with Gasteiger partial charge in [0.05, 0.1) is 17.3 Å². The number of fused-ring (bicyclic) bond motifs is 1. The van der Waals surface area contributed by atoms with Crippen LogP contribution < -0.4 is 9.47 Å². The fourth-order valence-corrected chi connectivity index (χ4v) is 5.69. The molecule has 43 heavy (non-hydrogen) atoms. The van der Waals surface area contributed by atoms with E-state index in [0.29, 0.717) is 41.6 Å². The highest BCUT2D eigenvalue weighted by Gasteiger charge is 2.42. The SMILES string of the molecule is COCCc1cc(-c2n[nH]c(C(F)(F)F)n2)cnc1CN1CCC(c2cccc3c2O[C@@](C)(c2ccc(Cl)cn2)O3)CC1. The minimum Gasteiger partial charge on any atom is -0.443 e. The van der Waals surface area contributed by atoms with E-state index < -0.39 is 17.8 Å². The molecular weight excluding hydrogens is 585 g/mol. The van der Waals surface area contributed by atoms with Crippen LogP contribution in [0.25, 0.3) is 11.4 Å². The van der Waals surface area contributed by atoms with Crippen LogP contribution >= 0.6 is 11.6 Å². The van der Waals surface area contributed by atoms with E-state index in [9.17, 15) is 13.2 Å². The average Bonchev–Trinajstić information content (AvgIpc) is 3.63. The first-order chi connectivity index (χ1) is 20.6. The molecule has 1 atom stereocenters. The Labute approximate surface area is 251 Å². The molecule has 6 rings (SSSR count). The number of hydrogen-bond acceptors (Lipinski definition) is 8. The first kappa shape index (κ1) is 29.3.